The molecule has 0 fully saturated rings. The Bertz CT molecular complexity index is 798. The van der Waals surface area contributed by atoms with Gasteiger partial charge in [0.15, 0.2) is 0 Å². The molecule has 0 N–H and O–H groups in total. The number of rotatable bonds is 40. The van der Waals surface area contributed by atoms with Crippen LogP contribution in [-0.2, 0) is 9.47 Å². The molecule has 294 valence electrons. The first-order valence-electron chi connectivity index (χ1n) is 22.3. The van der Waals surface area contributed by atoms with Gasteiger partial charge in [0.25, 0.3) is 0 Å². The van der Waals surface area contributed by atoms with Crippen molar-refractivity contribution in [3.05, 3.63) is 36.1 Å². The predicted octanol–water partition coefficient (Wildman–Crippen LogP) is 15.4. The summed E-state index contributed by atoms with van der Waals surface area (Å²) in [5.41, 5.74) is 6.16. The van der Waals surface area contributed by atoms with Gasteiger partial charge in [0, 0.05) is 18.9 Å². The zero-order chi connectivity index (χ0) is 36.8. The first-order valence-corrected chi connectivity index (χ1v) is 22.3. The Hall–Kier alpha value is -1.40. The molecule has 3 nitrogen and oxygen atoms in total. The van der Waals surface area contributed by atoms with Crippen LogP contribution in [0.2, 0.25) is 0 Å². The highest BCUT2D eigenvalue weighted by molar-refractivity contribution is 4.89. The normalized spacial score (nSPS) is 11.9. The van der Waals surface area contributed by atoms with Crippen molar-refractivity contribution in [3.63, 3.8) is 0 Å². The van der Waals surface area contributed by atoms with Gasteiger partial charge in [0.2, 0.25) is 0 Å². The summed E-state index contributed by atoms with van der Waals surface area (Å²) in [4.78, 5) is 2.73. The van der Waals surface area contributed by atoms with Crippen molar-refractivity contribution < 1.29 is 9.47 Å². The Labute approximate surface area is 315 Å². The minimum atomic E-state index is 0.665. The third-order valence-electron chi connectivity index (χ3n) is 10.8. The van der Waals surface area contributed by atoms with E-state index in [0.29, 0.717) is 6.04 Å². The standard InChI is InChI=1S/C47H89NO2/c1-8-14-17-18-19-20-21-25-33-42-49-46(12-5)39-30-26-32-41-48(44(7)11-4)40-31-24-22-23-29-38-47(13-6)50-43-34-37-45(35-27-15-9-2)36-28-16-10-3/h44-45H,5-6,8-11,14-43H2,1-4,7H3. The fraction of sp³-hybridized carbons (Fsp3) is 0.872. The lowest BCUT2D eigenvalue weighted by atomic mass is 9.91. The molecule has 0 aliphatic rings. The number of allylic oxidation sites excluding steroid dienone is 2. The summed E-state index contributed by atoms with van der Waals surface area (Å²) in [6, 6.07) is 0.665. The molecule has 0 saturated carbocycles. The van der Waals surface area contributed by atoms with E-state index < -0.39 is 0 Å². The number of hydrogen-bond donors (Lipinski definition) is 0. The van der Waals surface area contributed by atoms with Crippen molar-refractivity contribution in [2.45, 2.75) is 233 Å². The van der Waals surface area contributed by atoms with E-state index >= 15 is 0 Å². The number of ether oxygens (including phenoxy) is 2. The van der Waals surface area contributed by atoms with Crippen LogP contribution in [0.15, 0.2) is 36.1 Å². The molecule has 0 aliphatic heterocycles. The minimum absolute atomic E-state index is 0.665. The van der Waals surface area contributed by atoms with Crippen LogP contribution in [0.4, 0.5) is 0 Å². The Balaban J connectivity index is 4.04. The summed E-state index contributed by atoms with van der Waals surface area (Å²) in [6.45, 7) is 23.6. The van der Waals surface area contributed by atoms with Crippen molar-refractivity contribution >= 4 is 0 Å². The van der Waals surface area contributed by atoms with Gasteiger partial charge in [-0.1, -0.05) is 181 Å². The first-order chi connectivity index (χ1) is 24.6. The average Bonchev–Trinajstić information content (AvgIpc) is 3.13. The van der Waals surface area contributed by atoms with Crippen molar-refractivity contribution in [3.8, 4) is 0 Å². The fourth-order valence-electron chi connectivity index (χ4n) is 7.12. The zero-order valence-electron chi connectivity index (χ0n) is 34.9. The minimum Gasteiger partial charge on any atom is -0.490 e. The summed E-state index contributed by atoms with van der Waals surface area (Å²) >= 11 is 0. The van der Waals surface area contributed by atoms with Crippen molar-refractivity contribution in [1.29, 1.82) is 0 Å². The van der Waals surface area contributed by atoms with E-state index in [1.54, 1.807) is 0 Å². The van der Waals surface area contributed by atoms with Gasteiger partial charge in [-0.05, 0) is 77.3 Å². The maximum atomic E-state index is 6.13. The fourth-order valence-corrected chi connectivity index (χ4v) is 7.12. The molecule has 0 aliphatic carbocycles. The highest BCUT2D eigenvalue weighted by Gasteiger charge is 2.12. The molecule has 0 spiro atoms. The van der Waals surface area contributed by atoms with Crippen LogP contribution in [0.1, 0.15) is 227 Å². The Morgan fingerprint density at radius 2 is 0.860 bits per heavy atom. The quantitative estimate of drug-likeness (QED) is 0.0361. The highest BCUT2D eigenvalue weighted by atomic mass is 16.5. The third kappa shape index (κ3) is 31.3. The molecule has 1 unspecified atom stereocenters. The van der Waals surface area contributed by atoms with Gasteiger partial charge in [0.1, 0.15) is 11.5 Å². The van der Waals surface area contributed by atoms with Crippen molar-refractivity contribution in [2.75, 3.05) is 26.3 Å². The van der Waals surface area contributed by atoms with Crippen LogP contribution in [0.25, 0.3) is 0 Å². The second kappa shape index (κ2) is 38.8. The highest BCUT2D eigenvalue weighted by Crippen LogP contribution is 2.23. The van der Waals surface area contributed by atoms with Crippen LogP contribution in [-0.4, -0.2) is 37.2 Å². The van der Waals surface area contributed by atoms with Gasteiger partial charge in [-0.3, -0.25) is 0 Å². The summed E-state index contributed by atoms with van der Waals surface area (Å²) < 4.78 is 12.2. The molecule has 0 aromatic heterocycles. The summed E-state index contributed by atoms with van der Waals surface area (Å²) in [5, 5.41) is 0. The van der Waals surface area contributed by atoms with Crippen LogP contribution in [0, 0.1) is 5.92 Å². The summed E-state index contributed by atoms with van der Waals surface area (Å²) in [5.74, 6) is 2.85. The van der Waals surface area contributed by atoms with Gasteiger partial charge < -0.3 is 14.4 Å². The molecule has 1 atom stereocenters. The smallest absolute Gasteiger partial charge is 0.137 e. The molecule has 0 aromatic rings. The zero-order valence-corrected chi connectivity index (χ0v) is 34.9. The topological polar surface area (TPSA) is 21.7 Å². The first kappa shape index (κ1) is 48.6. The molecule has 0 aromatic carbocycles. The lowest BCUT2D eigenvalue weighted by molar-refractivity contribution is 0.185. The third-order valence-corrected chi connectivity index (χ3v) is 10.8. The molecule has 0 radical (unpaired) electrons. The van der Waals surface area contributed by atoms with Gasteiger partial charge in [-0.25, -0.2) is 0 Å². The number of nitrogens with zero attached hydrogens (tertiary/aromatic N) is 1. The maximum Gasteiger partial charge on any atom is 0.137 e. The molecule has 0 amide bonds. The molecule has 0 rings (SSSR count). The van der Waals surface area contributed by atoms with Crippen LogP contribution < -0.4 is 0 Å². The van der Waals surface area contributed by atoms with Crippen molar-refractivity contribution in [2.24, 2.45) is 5.92 Å². The van der Waals surface area contributed by atoms with Gasteiger partial charge in [0.05, 0.1) is 13.2 Å². The van der Waals surface area contributed by atoms with E-state index in [4.69, 9.17) is 9.47 Å². The van der Waals surface area contributed by atoms with Crippen LogP contribution in [0.5, 0.6) is 0 Å². The van der Waals surface area contributed by atoms with E-state index in [-0.39, 0.29) is 0 Å². The predicted molar refractivity (Wildman–Crippen MR) is 223 cm³/mol. The monoisotopic (exact) mass is 700 g/mol. The van der Waals surface area contributed by atoms with Gasteiger partial charge in [-0.2, -0.15) is 0 Å². The van der Waals surface area contributed by atoms with E-state index in [0.717, 1.165) is 49.9 Å². The number of hydrogen-bond acceptors (Lipinski definition) is 3. The Kier molecular flexibility index (Phi) is 37.7. The SMILES string of the molecule is C=C=C(CCCCCN(CCCCCCCC(=C=C)OCCCC(CCCCC)CCCCC)C(C)CC)OCCCCCCCCCCC. The lowest BCUT2D eigenvalue weighted by Crippen LogP contribution is -2.34. The van der Waals surface area contributed by atoms with Gasteiger partial charge in [-0.15, -0.1) is 0 Å². The average molecular weight is 700 g/mol. The maximum absolute atomic E-state index is 6.13. The van der Waals surface area contributed by atoms with E-state index in [1.165, 1.54) is 186 Å². The van der Waals surface area contributed by atoms with Gasteiger partial charge >= 0.3 is 0 Å². The second-order valence-corrected chi connectivity index (χ2v) is 15.3. The molecule has 0 saturated heterocycles. The summed E-state index contributed by atoms with van der Waals surface area (Å²) in [6.07, 6.45) is 38.9. The Morgan fingerprint density at radius 3 is 1.34 bits per heavy atom. The van der Waals surface area contributed by atoms with Crippen LogP contribution in [0.3, 0.4) is 0 Å². The number of unbranched alkanes of at least 4 members (excludes halogenated alkanes) is 18. The molecule has 50 heavy (non-hydrogen) atoms. The second-order valence-electron chi connectivity index (χ2n) is 15.3. The molecule has 0 heterocycles. The van der Waals surface area contributed by atoms with E-state index in [9.17, 15) is 0 Å². The van der Waals surface area contributed by atoms with Crippen molar-refractivity contribution in [1.82, 2.24) is 4.90 Å². The lowest BCUT2D eigenvalue weighted by Gasteiger charge is -2.28. The van der Waals surface area contributed by atoms with Crippen LogP contribution >= 0.6 is 0 Å². The molecule has 0 bridgehead atoms. The molecular formula is C47H89NO2. The Morgan fingerprint density at radius 1 is 0.480 bits per heavy atom. The van der Waals surface area contributed by atoms with E-state index in [2.05, 4.69) is 64.1 Å². The van der Waals surface area contributed by atoms with E-state index in [1.807, 2.05) is 0 Å². The molecule has 3 heteroatoms. The summed E-state index contributed by atoms with van der Waals surface area (Å²) in [7, 11) is 0. The largest absolute Gasteiger partial charge is 0.490 e. The molecular weight excluding hydrogens is 611 g/mol.